The van der Waals surface area contributed by atoms with E-state index in [0.717, 1.165) is 76.8 Å². The number of anilines is 1. The Morgan fingerprint density at radius 3 is 2.24 bits per heavy atom. The van der Waals surface area contributed by atoms with Gasteiger partial charge in [0.05, 0.1) is 30.5 Å². The number of nitrogens with zero attached hydrogens (tertiary/aromatic N) is 1. The number of ether oxygens (including phenoxy) is 3. The number of rotatable bonds is 5. The zero-order valence-electron chi connectivity index (χ0n) is 31.9. The molecule has 4 aliphatic carbocycles. The summed E-state index contributed by atoms with van der Waals surface area (Å²) < 4.78 is 18.7. The maximum Gasteiger partial charge on any atom is 0.331 e. The van der Waals surface area contributed by atoms with Gasteiger partial charge in [0, 0.05) is 30.3 Å². The fourth-order valence-corrected chi connectivity index (χ4v) is 13.5. The predicted octanol–water partition coefficient (Wildman–Crippen LogP) is 8.84. The number of aliphatic hydroxyl groups is 1. The molecule has 0 unspecified atom stereocenters. The molecule has 2 aliphatic heterocycles. The highest BCUT2D eigenvalue weighted by atomic mass is 16.5. The molecule has 2 heterocycles. The standard InChI is InChI=1S/C43H65NO5/c1-38(2)19-9-20-43(8,49-38)31-16-22-42(7)37(31)32(45)28-34-40(5)21-18-35(39(3,4)33(40)17-23-41(34,42)6)48-36(46)15-12-29-10-13-30(14-11-29)44-24-26-47-27-25-44/h10-15,31-35,37,45H,9,16-28H2,1-8H3/b15-12+/t31-,32+,33-,34+,35-,37-,40-,41+,42+,43+/m0/s1. The average Bonchev–Trinajstić information content (AvgIpc) is 3.43. The van der Waals surface area contributed by atoms with Crippen molar-refractivity contribution in [3.05, 3.63) is 35.9 Å². The van der Waals surface area contributed by atoms with Gasteiger partial charge in [-0.2, -0.15) is 0 Å². The van der Waals surface area contributed by atoms with E-state index in [1.165, 1.54) is 24.9 Å². The topological polar surface area (TPSA) is 68.2 Å². The van der Waals surface area contributed by atoms with Gasteiger partial charge < -0.3 is 24.2 Å². The van der Waals surface area contributed by atoms with Gasteiger partial charge in [0.2, 0.25) is 0 Å². The zero-order valence-corrected chi connectivity index (χ0v) is 31.9. The Hall–Kier alpha value is -1.89. The molecular weight excluding hydrogens is 610 g/mol. The molecule has 0 spiro atoms. The van der Waals surface area contributed by atoms with Crippen molar-refractivity contribution < 1.29 is 24.1 Å². The lowest BCUT2D eigenvalue weighted by Gasteiger charge is -2.70. The summed E-state index contributed by atoms with van der Waals surface area (Å²) in [4.78, 5) is 15.6. The Labute approximate surface area is 296 Å². The lowest BCUT2D eigenvalue weighted by Crippen LogP contribution is -2.67. The monoisotopic (exact) mass is 675 g/mol. The fourth-order valence-electron chi connectivity index (χ4n) is 13.5. The molecule has 0 radical (unpaired) electrons. The van der Waals surface area contributed by atoms with Gasteiger partial charge in [0.1, 0.15) is 6.10 Å². The minimum absolute atomic E-state index is 0.0839. The fraction of sp³-hybridized carbons (Fsp3) is 0.791. The van der Waals surface area contributed by atoms with Crippen molar-refractivity contribution in [2.75, 3.05) is 31.2 Å². The number of hydrogen-bond donors (Lipinski definition) is 1. The molecule has 10 atom stereocenters. The molecule has 0 bridgehead atoms. The van der Waals surface area contributed by atoms with E-state index >= 15 is 0 Å². The molecule has 7 rings (SSSR count). The second-order valence-electron chi connectivity index (χ2n) is 19.3. The first kappa shape index (κ1) is 35.5. The molecule has 272 valence electrons. The van der Waals surface area contributed by atoms with Crippen LogP contribution in [0, 0.1) is 45.3 Å². The van der Waals surface area contributed by atoms with Crippen molar-refractivity contribution in [1.29, 1.82) is 0 Å². The molecule has 1 aromatic carbocycles. The summed E-state index contributed by atoms with van der Waals surface area (Å²) in [5.74, 6) is 1.31. The Balaban J connectivity index is 1.05. The Morgan fingerprint density at radius 2 is 1.55 bits per heavy atom. The van der Waals surface area contributed by atoms with Gasteiger partial charge in [0.15, 0.2) is 0 Å². The van der Waals surface area contributed by atoms with Crippen molar-refractivity contribution in [3.63, 3.8) is 0 Å². The smallest absolute Gasteiger partial charge is 0.331 e. The molecule has 0 amide bonds. The van der Waals surface area contributed by atoms with E-state index in [1.54, 1.807) is 6.08 Å². The van der Waals surface area contributed by atoms with Gasteiger partial charge in [-0.25, -0.2) is 4.79 Å². The quantitative estimate of drug-likeness (QED) is 0.249. The maximum absolute atomic E-state index is 13.3. The number of esters is 1. The molecule has 49 heavy (non-hydrogen) atoms. The van der Waals surface area contributed by atoms with Crippen LogP contribution in [-0.2, 0) is 19.0 Å². The van der Waals surface area contributed by atoms with E-state index in [4.69, 9.17) is 14.2 Å². The first-order valence-corrected chi connectivity index (χ1v) is 19.7. The van der Waals surface area contributed by atoms with Crippen LogP contribution in [-0.4, -0.2) is 60.8 Å². The van der Waals surface area contributed by atoms with E-state index < -0.39 is 0 Å². The highest BCUT2D eigenvalue weighted by molar-refractivity contribution is 5.87. The summed E-state index contributed by atoms with van der Waals surface area (Å²) in [7, 11) is 0. The van der Waals surface area contributed by atoms with E-state index in [0.29, 0.717) is 17.8 Å². The van der Waals surface area contributed by atoms with Crippen molar-refractivity contribution in [2.24, 2.45) is 45.3 Å². The van der Waals surface area contributed by atoms with Crippen molar-refractivity contribution in [3.8, 4) is 0 Å². The van der Waals surface area contributed by atoms with E-state index in [-0.39, 0.29) is 57.0 Å². The van der Waals surface area contributed by atoms with Crippen LogP contribution < -0.4 is 4.90 Å². The number of carbonyl (C=O) groups is 1. The number of carbonyl (C=O) groups excluding carboxylic acids is 1. The Kier molecular flexibility index (Phi) is 8.96. The SMILES string of the molecule is CC1(C)CCC[C@](C)([C@H]2CC[C@]3(C)[C@@H]2[C@H](O)C[C@@H]2[C@@]4(C)CC[C@H](OC(=O)/C=C/c5ccc(N6CCOCC6)cc5)C(C)(C)[C@@H]4CC[C@]23C)O1. The molecule has 0 aromatic heterocycles. The third-order valence-electron chi connectivity index (χ3n) is 16.0. The lowest BCUT2D eigenvalue weighted by atomic mass is 9.35. The highest BCUT2D eigenvalue weighted by Crippen LogP contribution is 2.76. The summed E-state index contributed by atoms with van der Waals surface area (Å²) in [6.45, 7) is 22.6. The van der Waals surface area contributed by atoms with E-state index in [9.17, 15) is 9.90 Å². The van der Waals surface area contributed by atoms with Gasteiger partial charge >= 0.3 is 5.97 Å². The van der Waals surface area contributed by atoms with Gasteiger partial charge in [0.25, 0.3) is 0 Å². The molecule has 6 nitrogen and oxygen atoms in total. The van der Waals surface area contributed by atoms with Crippen molar-refractivity contribution in [1.82, 2.24) is 0 Å². The number of aliphatic hydroxyl groups excluding tert-OH is 1. The summed E-state index contributed by atoms with van der Waals surface area (Å²) in [5, 5.41) is 12.2. The van der Waals surface area contributed by atoms with E-state index in [2.05, 4.69) is 84.6 Å². The Morgan fingerprint density at radius 1 is 0.857 bits per heavy atom. The van der Waals surface area contributed by atoms with Gasteiger partial charge in [-0.3, -0.25) is 0 Å². The normalized spacial score (nSPS) is 44.6. The number of benzene rings is 1. The van der Waals surface area contributed by atoms with Crippen LogP contribution in [0.15, 0.2) is 30.3 Å². The molecular formula is C43H65NO5. The second-order valence-corrected chi connectivity index (χ2v) is 19.3. The van der Waals surface area contributed by atoms with E-state index in [1.807, 2.05) is 6.08 Å². The van der Waals surface area contributed by atoms with Crippen molar-refractivity contribution >= 4 is 17.7 Å². The zero-order chi connectivity index (χ0) is 35.0. The highest BCUT2D eigenvalue weighted by Gasteiger charge is 2.72. The number of hydrogen-bond acceptors (Lipinski definition) is 6. The molecule has 6 aliphatic rings. The van der Waals surface area contributed by atoms with Gasteiger partial charge in [-0.05, 0) is 149 Å². The summed E-state index contributed by atoms with van der Waals surface area (Å²) in [5.41, 5.74) is 2.13. The minimum Gasteiger partial charge on any atom is -0.459 e. The van der Waals surface area contributed by atoms with Crippen LogP contribution in [0.1, 0.15) is 125 Å². The second kappa shape index (κ2) is 12.4. The minimum atomic E-state index is -0.302. The van der Waals surface area contributed by atoms with Gasteiger partial charge in [-0.1, -0.05) is 46.8 Å². The van der Waals surface area contributed by atoms with Crippen LogP contribution in [0.25, 0.3) is 6.08 Å². The first-order valence-electron chi connectivity index (χ1n) is 19.7. The summed E-state index contributed by atoms with van der Waals surface area (Å²) in [6, 6.07) is 8.39. The van der Waals surface area contributed by atoms with Crippen LogP contribution in [0.5, 0.6) is 0 Å². The third-order valence-corrected chi connectivity index (χ3v) is 16.0. The van der Waals surface area contributed by atoms with Crippen molar-refractivity contribution in [2.45, 2.75) is 143 Å². The maximum atomic E-state index is 13.3. The van der Waals surface area contributed by atoms with Gasteiger partial charge in [-0.15, -0.1) is 0 Å². The van der Waals surface area contributed by atoms with Crippen LogP contribution >= 0.6 is 0 Å². The number of fused-ring (bicyclic) bond motifs is 5. The summed E-state index contributed by atoms with van der Waals surface area (Å²) in [6.07, 6.45) is 14.0. The van der Waals surface area contributed by atoms with Crippen LogP contribution in [0.4, 0.5) is 5.69 Å². The molecule has 6 heteroatoms. The molecule has 2 saturated heterocycles. The first-order chi connectivity index (χ1) is 23.0. The predicted molar refractivity (Wildman–Crippen MR) is 196 cm³/mol. The average molecular weight is 676 g/mol. The molecule has 1 aromatic rings. The Bertz CT molecular complexity index is 1410. The molecule has 1 N–H and O–H groups in total. The molecule has 4 saturated carbocycles. The van der Waals surface area contributed by atoms with Crippen LogP contribution in [0.3, 0.4) is 0 Å². The lowest BCUT2D eigenvalue weighted by molar-refractivity contribution is -0.258. The van der Waals surface area contributed by atoms with Crippen LogP contribution in [0.2, 0.25) is 0 Å². The summed E-state index contributed by atoms with van der Waals surface area (Å²) >= 11 is 0. The molecule has 6 fully saturated rings. The number of morpholine rings is 1. The third kappa shape index (κ3) is 5.82. The largest absolute Gasteiger partial charge is 0.459 e.